The highest BCUT2D eigenvalue weighted by Gasteiger charge is 2.35. The average molecular weight is 370 g/mol. The molecule has 0 saturated carbocycles. The molecule has 7 nitrogen and oxygen atoms in total. The number of amides is 2. The summed E-state index contributed by atoms with van der Waals surface area (Å²) in [7, 11) is 1.59. The molecule has 144 valence electrons. The minimum absolute atomic E-state index is 0.155. The minimum atomic E-state index is -0.474. The predicted molar refractivity (Wildman–Crippen MR) is 103 cm³/mol. The van der Waals surface area contributed by atoms with Crippen molar-refractivity contribution in [2.45, 2.75) is 45.2 Å². The summed E-state index contributed by atoms with van der Waals surface area (Å²) in [5, 5.41) is 7.18. The second-order valence-electron chi connectivity index (χ2n) is 7.72. The van der Waals surface area contributed by atoms with Crippen LogP contribution in [0.2, 0.25) is 0 Å². The van der Waals surface area contributed by atoms with E-state index >= 15 is 0 Å². The van der Waals surface area contributed by atoms with E-state index in [2.05, 4.69) is 10.4 Å². The van der Waals surface area contributed by atoms with Crippen LogP contribution in [0.4, 0.5) is 5.69 Å². The normalized spacial score (nSPS) is 17.0. The van der Waals surface area contributed by atoms with Gasteiger partial charge in [-0.3, -0.25) is 14.3 Å². The monoisotopic (exact) mass is 370 g/mol. The number of benzene rings is 1. The van der Waals surface area contributed by atoms with Gasteiger partial charge in [-0.25, -0.2) is 0 Å². The number of ether oxygens (including phenoxy) is 1. The van der Waals surface area contributed by atoms with Crippen molar-refractivity contribution in [2.75, 3.05) is 19.0 Å². The standard InChI is InChI=1S/C20H26N4O3/c1-20(2,3)24-13-14(12-21-24)19(26)23-11-5-6-17(23)18(25)22-15-7-9-16(27-4)10-8-15/h7-10,12-13,17H,5-6,11H2,1-4H3,(H,22,25)/t17-/m1/s1. The zero-order valence-electron chi connectivity index (χ0n) is 16.2. The fraction of sp³-hybridized carbons (Fsp3) is 0.450. The number of hydrogen-bond donors (Lipinski definition) is 1. The van der Waals surface area contributed by atoms with E-state index < -0.39 is 6.04 Å². The van der Waals surface area contributed by atoms with Crippen molar-refractivity contribution in [3.8, 4) is 5.75 Å². The number of methoxy groups -OCH3 is 1. The van der Waals surface area contributed by atoms with Crippen LogP contribution < -0.4 is 10.1 Å². The van der Waals surface area contributed by atoms with Crippen molar-refractivity contribution in [2.24, 2.45) is 0 Å². The summed E-state index contributed by atoms with van der Waals surface area (Å²) in [5.74, 6) is 0.397. The van der Waals surface area contributed by atoms with Crippen molar-refractivity contribution in [1.82, 2.24) is 14.7 Å². The summed E-state index contributed by atoms with van der Waals surface area (Å²) in [6, 6.07) is 6.66. The van der Waals surface area contributed by atoms with Crippen molar-refractivity contribution in [3.05, 3.63) is 42.2 Å². The van der Waals surface area contributed by atoms with Crippen LogP contribution in [-0.4, -0.2) is 46.2 Å². The van der Waals surface area contributed by atoms with Crippen LogP contribution in [-0.2, 0) is 10.3 Å². The maximum Gasteiger partial charge on any atom is 0.257 e. The van der Waals surface area contributed by atoms with Gasteiger partial charge in [-0.1, -0.05) is 0 Å². The largest absolute Gasteiger partial charge is 0.497 e. The summed E-state index contributed by atoms with van der Waals surface area (Å²) < 4.78 is 6.89. The van der Waals surface area contributed by atoms with E-state index in [1.807, 2.05) is 20.8 Å². The van der Waals surface area contributed by atoms with Gasteiger partial charge in [0.2, 0.25) is 5.91 Å². The van der Waals surface area contributed by atoms with Gasteiger partial charge >= 0.3 is 0 Å². The van der Waals surface area contributed by atoms with E-state index in [0.29, 0.717) is 24.2 Å². The molecule has 1 aliphatic heterocycles. The Morgan fingerprint density at radius 1 is 1.22 bits per heavy atom. The second kappa shape index (κ2) is 7.42. The van der Waals surface area contributed by atoms with Crippen molar-refractivity contribution in [1.29, 1.82) is 0 Å². The van der Waals surface area contributed by atoms with Gasteiger partial charge in [0.15, 0.2) is 0 Å². The molecular weight excluding hydrogens is 344 g/mol. The van der Waals surface area contributed by atoms with Gasteiger partial charge in [0.25, 0.3) is 5.91 Å². The molecule has 1 saturated heterocycles. The van der Waals surface area contributed by atoms with E-state index in [-0.39, 0.29) is 17.4 Å². The number of anilines is 1. The van der Waals surface area contributed by atoms with E-state index in [4.69, 9.17) is 4.74 Å². The average Bonchev–Trinajstić information content (AvgIpc) is 3.31. The van der Waals surface area contributed by atoms with Gasteiger partial charge < -0.3 is 15.0 Å². The Bertz CT molecular complexity index is 820. The van der Waals surface area contributed by atoms with Crippen LogP contribution in [0.15, 0.2) is 36.7 Å². The van der Waals surface area contributed by atoms with Crippen LogP contribution in [0.1, 0.15) is 44.0 Å². The number of hydrogen-bond acceptors (Lipinski definition) is 4. The molecular formula is C20H26N4O3. The molecule has 1 fully saturated rings. The molecule has 0 unspecified atom stereocenters. The Kier molecular flexibility index (Phi) is 5.21. The molecule has 0 bridgehead atoms. The number of rotatable bonds is 4. The number of carbonyl (C=O) groups excluding carboxylic acids is 2. The van der Waals surface area contributed by atoms with E-state index in [1.54, 1.807) is 53.4 Å². The number of carbonyl (C=O) groups is 2. The maximum absolute atomic E-state index is 12.9. The first kappa shape index (κ1) is 18.9. The zero-order chi connectivity index (χ0) is 19.6. The lowest BCUT2D eigenvalue weighted by atomic mass is 10.1. The van der Waals surface area contributed by atoms with E-state index in [9.17, 15) is 9.59 Å². The summed E-state index contributed by atoms with van der Waals surface area (Å²) in [5.41, 5.74) is 0.990. The Morgan fingerprint density at radius 2 is 1.93 bits per heavy atom. The maximum atomic E-state index is 12.9. The van der Waals surface area contributed by atoms with Crippen LogP contribution in [0, 0.1) is 0 Å². The molecule has 0 radical (unpaired) electrons. The molecule has 2 amide bonds. The number of aromatic nitrogens is 2. The van der Waals surface area contributed by atoms with Crippen molar-refractivity contribution >= 4 is 17.5 Å². The summed E-state index contributed by atoms with van der Waals surface area (Å²) in [6.07, 6.45) is 4.78. The van der Waals surface area contributed by atoms with Crippen LogP contribution in [0.5, 0.6) is 5.75 Å². The molecule has 0 spiro atoms. The number of nitrogens with zero attached hydrogens (tertiary/aromatic N) is 3. The van der Waals surface area contributed by atoms with E-state index in [1.165, 1.54) is 0 Å². The highest BCUT2D eigenvalue weighted by molar-refractivity contribution is 6.01. The summed E-state index contributed by atoms with van der Waals surface area (Å²) in [4.78, 5) is 27.3. The minimum Gasteiger partial charge on any atom is -0.497 e. The molecule has 1 aliphatic rings. The first-order chi connectivity index (χ1) is 12.8. The quantitative estimate of drug-likeness (QED) is 0.898. The fourth-order valence-corrected chi connectivity index (χ4v) is 3.15. The SMILES string of the molecule is COc1ccc(NC(=O)[C@H]2CCCN2C(=O)c2cnn(C(C)(C)C)c2)cc1. The predicted octanol–water partition coefficient (Wildman–Crippen LogP) is 2.89. The first-order valence-electron chi connectivity index (χ1n) is 9.10. The molecule has 1 atom stereocenters. The lowest BCUT2D eigenvalue weighted by Crippen LogP contribution is -2.43. The van der Waals surface area contributed by atoms with Gasteiger partial charge in [0, 0.05) is 18.4 Å². The van der Waals surface area contributed by atoms with Gasteiger partial charge in [-0.15, -0.1) is 0 Å². The fourth-order valence-electron chi connectivity index (χ4n) is 3.15. The molecule has 2 heterocycles. The molecule has 7 heteroatoms. The second-order valence-corrected chi connectivity index (χ2v) is 7.72. The number of likely N-dealkylation sites (tertiary alicyclic amines) is 1. The number of nitrogens with one attached hydrogen (secondary N) is 1. The van der Waals surface area contributed by atoms with Crippen molar-refractivity contribution in [3.63, 3.8) is 0 Å². The molecule has 3 rings (SSSR count). The third-order valence-corrected chi connectivity index (χ3v) is 4.69. The molecule has 27 heavy (non-hydrogen) atoms. The summed E-state index contributed by atoms with van der Waals surface area (Å²) in [6.45, 7) is 6.64. The first-order valence-corrected chi connectivity index (χ1v) is 9.10. The Balaban J connectivity index is 1.71. The molecule has 1 aromatic carbocycles. The lowest BCUT2D eigenvalue weighted by Gasteiger charge is -2.23. The van der Waals surface area contributed by atoms with Crippen LogP contribution in [0.3, 0.4) is 0 Å². The topological polar surface area (TPSA) is 76.5 Å². The van der Waals surface area contributed by atoms with Gasteiger partial charge in [-0.2, -0.15) is 5.10 Å². The smallest absolute Gasteiger partial charge is 0.257 e. The molecule has 1 aromatic heterocycles. The van der Waals surface area contributed by atoms with Gasteiger partial charge in [0.1, 0.15) is 11.8 Å². The van der Waals surface area contributed by atoms with Crippen LogP contribution >= 0.6 is 0 Å². The van der Waals surface area contributed by atoms with Gasteiger partial charge in [-0.05, 0) is 57.9 Å². The third-order valence-electron chi connectivity index (χ3n) is 4.69. The highest BCUT2D eigenvalue weighted by Crippen LogP contribution is 2.23. The Hall–Kier alpha value is -2.83. The lowest BCUT2D eigenvalue weighted by molar-refractivity contribution is -0.119. The Morgan fingerprint density at radius 3 is 2.52 bits per heavy atom. The zero-order valence-corrected chi connectivity index (χ0v) is 16.2. The Labute approximate surface area is 159 Å². The van der Waals surface area contributed by atoms with Gasteiger partial charge in [0.05, 0.1) is 24.4 Å². The summed E-state index contributed by atoms with van der Waals surface area (Å²) >= 11 is 0. The molecule has 2 aromatic rings. The van der Waals surface area contributed by atoms with E-state index in [0.717, 1.165) is 12.2 Å². The molecule has 0 aliphatic carbocycles. The molecule has 1 N–H and O–H groups in total. The third kappa shape index (κ3) is 4.13. The highest BCUT2D eigenvalue weighted by atomic mass is 16.5. The van der Waals surface area contributed by atoms with Crippen LogP contribution in [0.25, 0.3) is 0 Å². The van der Waals surface area contributed by atoms with Crippen molar-refractivity contribution < 1.29 is 14.3 Å².